The zero-order valence-electron chi connectivity index (χ0n) is 17.9. The van der Waals surface area contributed by atoms with Gasteiger partial charge in [0.15, 0.2) is 11.5 Å². The molecule has 0 bridgehead atoms. The number of benzene rings is 3. The first-order valence-corrected chi connectivity index (χ1v) is 10.2. The number of halogens is 1. The molecular formula is C25H23ClN2O4. The molecule has 2 amide bonds. The van der Waals surface area contributed by atoms with Gasteiger partial charge in [0.2, 0.25) is 0 Å². The predicted octanol–water partition coefficient (Wildman–Crippen LogP) is 5.33. The minimum atomic E-state index is -0.589. The third-order valence-corrected chi connectivity index (χ3v) is 5.15. The monoisotopic (exact) mass is 450 g/mol. The Morgan fingerprint density at radius 1 is 0.906 bits per heavy atom. The normalized spacial score (nSPS) is 10.2. The SMILES string of the molecule is COc1cc(C=C(C(=O)Nc2ccccc2C)C(=O)Nc2ccccc2C)cc(Cl)c1O. The van der Waals surface area contributed by atoms with E-state index in [4.69, 9.17) is 16.3 Å². The van der Waals surface area contributed by atoms with Gasteiger partial charge in [-0.05, 0) is 60.9 Å². The second kappa shape index (κ2) is 10.0. The summed E-state index contributed by atoms with van der Waals surface area (Å²) in [7, 11) is 1.38. The maximum Gasteiger partial charge on any atom is 0.261 e. The Kier molecular flexibility index (Phi) is 7.18. The van der Waals surface area contributed by atoms with E-state index in [1.807, 2.05) is 38.1 Å². The lowest BCUT2D eigenvalue weighted by atomic mass is 10.1. The number of phenols is 1. The number of nitrogens with one attached hydrogen (secondary N) is 2. The Balaban J connectivity index is 2.02. The predicted molar refractivity (Wildman–Crippen MR) is 127 cm³/mol. The van der Waals surface area contributed by atoms with Crippen LogP contribution in [0.1, 0.15) is 16.7 Å². The molecule has 3 rings (SSSR count). The Morgan fingerprint density at radius 2 is 1.41 bits per heavy atom. The number of ether oxygens (including phenoxy) is 1. The van der Waals surface area contributed by atoms with Crippen LogP contribution in [0.4, 0.5) is 11.4 Å². The molecule has 6 nitrogen and oxygen atoms in total. The molecule has 0 aromatic heterocycles. The largest absolute Gasteiger partial charge is 0.503 e. The Labute approximate surface area is 191 Å². The van der Waals surface area contributed by atoms with Crippen LogP contribution in [0.3, 0.4) is 0 Å². The van der Waals surface area contributed by atoms with Gasteiger partial charge in [-0.3, -0.25) is 9.59 Å². The van der Waals surface area contributed by atoms with Gasteiger partial charge < -0.3 is 20.5 Å². The number of para-hydroxylation sites is 2. The van der Waals surface area contributed by atoms with Gasteiger partial charge in [0.25, 0.3) is 11.8 Å². The van der Waals surface area contributed by atoms with Crippen molar-refractivity contribution in [2.24, 2.45) is 0 Å². The van der Waals surface area contributed by atoms with Crippen molar-refractivity contribution < 1.29 is 19.4 Å². The second-order valence-corrected chi connectivity index (χ2v) is 7.56. The van der Waals surface area contributed by atoms with E-state index in [1.165, 1.54) is 25.3 Å². The van der Waals surface area contributed by atoms with Crippen LogP contribution >= 0.6 is 11.6 Å². The topological polar surface area (TPSA) is 87.7 Å². The third-order valence-electron chi connectivity index (χ3n) is 4.86. The lowest BCUT2D eigenvalue weighted by Gasteiger charge is -2.13. The number of phenolic OH excluding ortho intramolecular Hbond substituents is 1. The zero-order valence-corrected chi connectivity index (χ0v) is 18.7. The molecule has 0 atom stereocenters. The highest BCUT2D eigenvalue weighted by atomic mass is 35.5. The minimum absolute atomic E-state index is 0.0357. The van der Waals surface area contributed by atoms with Crippen molar-refractivity contribution in [3.8, 4) is 11.5 Å². The van der Waals surface area contributed by atoms with Crippen LogP contribution in [0.25, 0.3) is 6.08 Å². The average molecular weight is 451 g/mol. The van der Waals surface area contributed by atoms with Crippen LogP contribution < -0.4 is 15.4 Å². The molecule has 164 valence electrons. The summed E-state index contributed by atoms with van der Waals surface area (Å²) in [5, 5.41) is 15.6. The molecule has 0 heterocycles. The summed E-state index contributed by atoms with van der Waals surface area (Å²) in [4.78, 5) is 26.3. The lowest BCUT2D eigenvalue weighted by Crippen LogP contribution is -2.25. The van der Waals surface area contributed by atoms with Crippen molar-refractivity contribution in [2.75, 3.05) is 17.7 Å². The summed E-state index contributed by atoms with van der Waals surface area (Å²) in [6.07, 6.45) is 1.40. The Morgan fingerprint density at radius 3 is 1.88 bits per heavy atom. The summed E-state index contributed by atoms with van der Waals surface area (Å²) in [6.45, 7) is 3.72. The Bertz CT molecular complexity index is 1140. The summed E-state index contributed by atoms with van der Waals surface area (Å²) >= 11 is 6.08. The molecule has 0 unspecified atom stereocenters. The smallest absolute Gasteiger partial charge is 0.261 e. The van der Waals surface area contributed by atoms with E-state index in [0.717, 1.165) is 11.1 Å². The van der Waals surface area contributed by atoms with Crippen molar-refractivity contribution >= 4 is 40.9 Å². The molecular weight excluding hydrogens is 428 g/mol. The number of aryl methyl sites for hydroxylation is 2. The number of carbonyl (C=O) groups excluding carboxylic acids is 2. The number of anilines is 2. The van der Waals surface area contributed by atoms with Gasteiger partial charge >= 0.3 is 0 Å². The van der Waals surface area contributed by atoms with Gasteiger partial charge in [0.05, 0.1) is 12.1 Å². The highest BCUT2D eigenvalue weighted by Crippen LogP contribution is 2.35. The Hall–Kier alpha value is -3.77. The van der Waals surface area contributed by atoms with Gasteiger partial charge in [-0.25, -0.2) is 0 Å². The van der Waals surface area contributed by atoms with Crippen LogP contribution in [0, 0.1) is 13.8 Å². The highest BCUT2D eigenvalue weighted by Gasteiger charge is 2.21. The van der Waals surface area contributed by atoms with Gasteiger partial charge in [-0.15, -0.1) is 0 Å². The number of carbonyl (C=O) groups is 2. The molecule has 0 aliphatic heterocycles. The molecule has 0 aliphatic carbocycles. The van der Waals surface area contributed by atoms with E-state index in [0.29, 0.717) is 16.9 Å². The summed E-state index contributed by atoms with van der Waals surface area (Å²) < 4.78 is 5.13. The number of aromatic hydroxyl groups is 1. The van der Waals surface area contributed by atoms with Crippen LogP contribution in [0.15, 0.2) is 66.2 Å². The number of hydrogen-bond acceptors (Lipinski definition) is 4. The molecule has 0 fully saturated rings. The molecule has 0 saturated carbocycles. The first kappa shape index (κ1) is 22.9. The fourth-order valence-corrected chi connectivity index (χ4v) is 3.26. The lowest BCUT2D eigenvalue weighted by molar-refractivity contribution is -0.118. The fourth-order valence-electron chi connectivity index (χ4n) is 3.04. The molecule has 3 N–H and O–H groups in total. The average Bonchev–Trinajstić information content (AvgIpc) is 2.77. The van der Waals surface area contributed by atoms with Gasteiger partial charge in [-0.2, -0.15) is 0 Å². The first-order chi connectivity index (χ1) is 15.3. The highest BCUT2D eigenvalue weighted by molar-refractivity contribution is 6.32. The van der Waals surface area contributed by atoms with Crippen molar-refractivity contribution in [3.05, 3.63) is 87.9 Å². The summed E-state index contributed by atoms with van der Waals surface area (Å²) in [5.74, 6) is -1.27. The van der Waals surface area contributed by atoms with E-state index in [9.17, 15) is 14.7 Å². The molecule has 3 aromatic rings. The van der Waals surface area contributed by atoms with E-state index in [-0.39, 0.29) is 22.1 Å². The maximum atomic E-state index is 13.1. The standard InChI is InChI=1S/C25H23ClN2O4/c1-15-8-4-6-10-20(15)27-24(30)18(25(31)28-21-11-7-5-9-16(21)2)12-17-13-19(26)23(29)22(14-17)32-3/h4-14,29H,1-3H3,(H,27,30)(H,28,31). The summed E-state index contributed by atoms with van der Waals surface area (Å²) in [6, 6.07) is 17.5. The van der Waals surface area contributed by atoms with E-state index < -0.39 is 11.8 Å². The minimum Gasteiger partial charge on any atom is -0.503 e. The number of methoxy groups -OCH3 is 1. The summed E-state index contributed by atoms with van der Waals surface area (Å²) in [5.41, 5.74) is 3.17. The molecule has 7 heteroatoms. The van der Waals surface area contributed by atoms with Gasteiger partial charge in [-0.1, -0.05) is 48.0 Å². The van der Waals surface area contributed by atoms with E-state index in [2.05, 4.69) is 10.6 Å². The number of hydrogen-bond donors (Lipinski definition) is 3. The second-order valence-electron chi connectivity index (χ2n) is 7.15. The van der Waals surface area contributed by atoms with Crippen molar-refractivity contribution in [1.29, 1.82) is 0 Å². The molecule has 0 radical (unpaired) electrons. The van der Waals surface area contributed by atoms with Crippen molar-refractivity contribution in [1.82, 2.24) is 0 Å². The molecule has 32 heavy (non-hydrogen) atoms. The van der Waals surface area contributed by atoms with Gasteiger partial charge in [0.1, 0.15) is 5.57 Å². The van der Waals surface area contributed by atoms with Crippen LogP contribution in [0.2, 0.25) is 5.02 Å². The van der Waals surface area contributed by atoms with Crippen LogP contribution in [-0.4, -0.2) is 24.0 Å². The first-order valence-electron chi connectivity index (χ1n) is 9.82. The molecule has 0 saturated heterocycles. The van der Waals surface area contributed by atoms with Crippen molar-refractivity contribution in [3.63, 3.8) is 0 Å². The molecule has 3 aromatic carbocycles. The van der Waals surface area contributed by atoms with Crippen LogP contribution in [-0.2, 0) is 9.59 Å². The van der Waals surface area contributed by atoms with Crippen molar-refractivity contribution in [2.45, 2.75) is 13.8 Å². The maximum absolute atomic E-state index is 13.1. The van der Waals surface area contributed by atoms with E-state index >= 15 is 0 Å². The van der Waals surface area contributed by atoms with Gasteiger partial charge in [0, 0.05) is 11.4 Å². The third kappa shape index (κ3) is 5.28. The van der Waals surface area contributed by atoms with Crippen LogP contribution in [0.5, 0.6) is 11.5 Å². The fraction of sp³-hybridized carbons (Fsp3) is 0.120. The molecule has 0 aliphatic rings. The van der Waals surface area contributed by atoms with E-state index in [1.54, 1.807) is 24.3 Å². The number of amides is 2. The quantitative estimate of drug-likeness (QED) is 0.269. The molecule has 0 spiro atoms. The number of rotatable bonds is 6. The zero-order chi connectivity index (χ0) is 23.3.